The van der Waals surface area contributed by atoms with Gasteiger partial charge in [-0.25, -0.2) is 0 Å². The molecule has 0 spiro atoms. The van der Waals surface area contributed by atoms with E-state index in [1.807, 2.05) is 7.05 Å². The molecule has 1 fully saturated rings. The van der Waals surface area contributed by atoms with Crippen LogP contribution in [0.4, 0.5) is 0 Å². The van der Waals surface area contributed by atoms with E-state index in [1.165, 1.54) is 49.9 Å². The summed E-state index contributed by atoms with van der Waals surface area (Å²) >= 11 is 0. The van der Waals surface area contributed by atoms with Gasteiger partial charge in [0.15, 0.2) is 17.5 Å². The first-order valence-corrected chi connectivity index (χ1v) is 10.2. The number of ether oxygens (including phenoxy) is 2. The molecule has 6 nitrogen and oxygen atoms in total. The quantitative estimate of drug-likeness (QED) is 0.634. The molecule has 1 N–H and O–H groups in total. The number of rotatable bonds is 5. The summed E-state index contributed by atoms with van der Waals surface area (Å²) in [7, 11) is 5.25. The average Bonchev–Trinajstić information content (AvgIpc) is 2.98. The van der Waals surface area contributed by atoms with Crippen LogP contribution in [0.25, 0.3) is 0 Å². The van der Waals surface area contributed by atoms with Gasteiger partial charge in [-0.15, -0.1) is 0 Å². The highest BCUT2D eigenvalue weighted by molar-refractivity contribution is 5.80. The van der Waals surface area contributed by atoms with Crippen LogP contribution in [0.5, 0.6) is 11.5 Å². The molecule has 0 atom stereocenters. The van der Waals surface area contributed by atoms with Crippen LogP contribution in [0.3, 0.4) is 0 Å². The van der Waals surface area contributed by atoms with Crippen LogP contribution in [-0.2, 0) is 13.0 Å². The van der Waals surface area contributed by atoms with Crippen molar-refractivity contribution in [3.05, 3.63) is 23.3 Å². The summed E-state index contributed by atoms with van der Waals surface area (Å²) in [4.78, 5) is 9.43. The van der Waals surface area contributed by atoms with Crippen molar-refractivity contribution in [1.82, 2.24) is 15.1 Å². The number of nitrogens with zero attached hydrogens (tertiary/aromatic N) is 3. The van der Waals surface area contributed by atoms with Gasteiger partial charge in [0.25, 0.3) is 0 Å². The summed E-state index contributed by atoms with van der Waals surface area (Å²) < 4.78 is 10.9. The summed E-state index contributed by atoms with van der Waals surface area (Å²) in [6.45, 7) is 6.32. The zero-order valence-electron chi connectivity index (χ0n) is 17.1. The number of nitrogens with one attached hydrogen (secondary N) is 1. The maximum Gasteiger partial charge on any atom is 0.194 e. The molecule has 2 heterocycles. The molecule has 0 amide bonds. The Kier molecular flexibility index (Phi) is 7.21. The van der Waals surface area contributed by atoms with E-state index in [1.54, 1.807) is 14.2 Å². The average molecular weight is 375 g/mol. The summed E-state index contributed by atoms with van der Waals surface area (Å²) in [5, 5.41) is 3.57. The minimum absolute atomic E-state index is 0.794. The molecule has 1 aromatic carbocycles. The summed E-state index contributed by atoms with van der Waals surface area (Å²) in [6, 6.07) is 4.21. The van der Waals surface area contributed by atoms with Gasteiger partial charge in [0.05, 0.1) is 14.2 Å². The largest absolute Gasteiger partial charge is 0.493 e. The smallest absolute Gasteiger partial charge is 0.194 e. The predicted octanol–water partition coefficient (Wildman–Crippen LogP) is 2.51. The van der Waals surface area contributed by atoms with E-state index < -0.39 is 0 Å². The molecule has 0 aliphatic carbocycles. The first-order valence-electron chi connectivity index (χ1n) is 10.2. The van der Waals surface area contributed by atoms with E-state index in [-0.39, 0.29) is 0 Å². The number of likely N-dealkylation sites (tertiary alicyclic amines) is 1. The van der Waals surface area contributed by atoms with Crippen LogP contribution in [0.15, 0.2) is 17.1 Å². The van der Waals surface area contributed by atoms with Crippen LogP contribution < -0.4 is 14.8 Å². The molecular weight excluding hydrogens is 340 g/mol. The molecule has 6 heteroatoms. The SMILES string of the molecule is CN=C(NCCN1CCCCCC1)N1CCc2cc(OC)c(OC)cc2C1. The van der Waals surface area contributed by atoms with Gasteiger partial charge in [0.1, 0.15) is 0 Å². The molecular formula is C21H34N4O2. The van der Waals surface area contributed by atoms with E-state index in [9.17, 15) is 0 Å². The summed E-state index contributed by atoms with van der Waals surface area (Å²) in [6.07, 6.45) is 6.43. The van der Waals surface area contributed by atoms with Crippen molar-refractivity contribution in [2.75, 3.05) is 54.0 Å². The lowest BCUT2D eigenvalue weighted by atomic mass is 9.99. The Labute approximate surface area is 163 Å². The van der Waals surface area contributed by atoms with Crippen LogP contribution in [0.2, 0.25) is 0 Å². The van der Waals surface area contributed by atoms with Crippen molar-refractivity contribution in [2.45, 2.75) is 38.6 Å². The van der Waals surface area contributed by atoms with Gasteiger partial charge < -0.3 is 24.6 Å². The molecule has 27 heavy (non-hydrogen) atoms. The maximum atomic E-state index is 5.47. The van der Waals surface area contributed by atoms with Gasteiger partial charge >= 0.3 is 0 Å². The fourth-order valence-electron chi connectivity index (χ4n) is 4.08. The Balaban J connectivity index is 1.57. The van der Waals surface area contributed by atoms with Gasteiger partial charge in [-0.3, -0.25) is 4.99 Å². The number of aliphatic imine (C=N–C) groups is 1. The molecule has 2 aliphatic heterocycles. The van der Waals surface area contributed by atoms with Crippen LogP contribution in [0.1, 0.15) is 36.8 Å². The normalized spacial score (nSPS) is 18.6. The Morgan fingerprint density at radius 2 is 1.67 bits per heavy atom. The van der Waals surface area contributed by atoms with Crippen molar-refractivity contribution >= 4 is 5.96 Å². The Morgan fingerprint density at radius 1 is 1.00 bits per heavy atom. The van der Waals surface area contributed by atoms with Crippen LogP contribution in [-0.4, -0.2) is 69.8 Å². The zero-order chi connectivity index (χ0) is 19.1. The van der Waals surface area contributed by atoms with Crippen molar-refractivity contribution in [3.63, 3.8) is 0 Å². The minimum Gasteiger partial charge on any atom is -0.493 e. The van der Waals surface area contributed by atoms with Crippen molar-refractivity contribution in [3.8, 4) is 11.5 Å². The second-order valence-electron chi connectivity index (χ2n) is 7.38. The Morgan fingerprint density at radius 3 is 2.30 bits per heavy atom. The van der Waals surface area contributed by atoms with E-state index in [0.717, 1.165) is 50.1 Å². The number of guanidine groups is 1. The second-order valence-corrected chi connectivity index (χ2v) is 7.38. The molecule has 0 bridgehead atoms. The third-order valence-corrected chi connectivity index (χ3v) is 5.64. The van der Waals surface area contributed by atoms with Crippen molar-refractivity contribution in [1.29, 1.82) is 0 Å². The Hall–Kier alpha value is -1.95. The topological polar surface area (TPSA) is 49.3 Å². The predicted molar refractivity (Wildman–Crippen MR) is 110 cm³/mol. The molecule has 2 aliphatic rings. The van der Waals surface area contributed by atoms with E-state index in [0.29, 0.717) is 0 Å². The number of benzene rings is 1. The molecule has 150 valence electrons. The van der Waals surface area contributed by atoms with E-state index in [2.05, 4.69) is 32.2 Å². The fourth-order valence-corrected chi connectivity index (χ4v) is 4.08. The molecule has 3 rings (SSSR count). The van der Waals surface area contributed by atoms with Gasteiger partial charge in [-0.05, 0) is 55.6 Å². The number of hydrogen-bond donors (Lipinski definition) is 1. The lowest BCUT2D eigenvalue weighted by Crippen LogP contribution is -2.46. The first-order chi connectivity index (χ1) is 13.2. The van der Waals surface area contributed by atoms with Gasteiger partial charge in [0, 0.05) is 33.2 Å². The molecule has 1 aromatic rings. The first kappa shape index (κ1) is 19.8. The fraction of sp³-hybridized carbons (Fsp3) is 0.667. The van der Waals surface area contributed by atoms with Gasteiger partial charge in [-0.2, -0.15) is 0 Å². The second kappa shape index (κ2) is 9.83. The van der Waals surface area contributed by atoms with Crippen LogP contribution in [0, 0.1) is 0 Å². The van der Waals surface area contributed by atoms with Gasteiger partial charge in [0.2, 0.25) is 0 Å². The third-order valence-electron chi connectivity index (χ3n) is 5.64. The molecule has 0 radical (unpaired) electrons. The van der Waals surface area contributed by atoms with Crippen molar-refractivity contribution in [2.24, 2.45) is 4.99 Å². The number of methoxy groups -OCH3 is 2. The maximum absolute atomic E-state index is 5.47. The lowest BCUT2D eigenvalue weighted by molar-refractivity contribution is 0.286. The third kappa shape index (κ3) is 5.06. The zero-order valence-corrected chi connectivity index (χ0v) is 17.1. The Bertz CT molecular complexity index is 639. The molecule has 0 aromatic heterocycles. The van der Waals surface area contributed by atoms with E-state index in [4.69, 9.17) is 9.47 Å². The molecule has 0 unspecified atom stereocenters. The standard InChI is InChI=1S/C21H34N4O2/c1-22-21(23-9-13-24-10-6-4-5-7-11-24)25-12-8-17-14-19(26-2)20(27-3)15-18(17)16-25/h14-15H,4-13,16H2,1-3H3,(H,22,23). The molecule has 0 saturated carbocycles. The van der Waals surface area contributed by atoms with Gasteiger partial charge in [-0.1, -0.05) is 12.8 Å². The summed E-state index contributed by atoms with van der Waals surface area (Å²) in [5.74, 6) is 2.59. The highest BCUT2D eigenvalue weighted by Crippen LogP contribution is 2.33. The van der Waals surface area contributed by atoms with Crippen LogP contribution >= 0.6 is 0 Å². The molecule has 1 saturated heterocycles. The monoisotopic (exact) mass is 374 g/mol. The number of fused-ring (bicyclic) bond motifs is 1. The van der Waals surface area contributed by atoms with E-state index >= 15 is 0 Å². The summed E-state index contributed by atoms with van der Waals surface area (Å²) in [5.41, 5.74) is 2.62. The number of hydrogen-bond acceptors (Lipinski definition) is 4. The minimum atomic E-state index is 0.794. The highest BCUT2D eigenvalue weighted by Gasteiger charge is 2.21. The lowest BCUT2D eigenvalue weighted by Gasteiger charge is -2.32. The van der Waals surface area contributed by atoms with Crippen molar-refractivity contribution < 1.29 is 9.47 Å². The highest BCUT2D eigenvalue weighted by atomic mass is 16.5.